The molecule has 0 radical (unpaired) electrons. The number of halogens is 2. The van der Waals surface area contributed by atoms with Crippen LogP contribution in [-0.2, 0) is 4.79 Å². The molecule has 0 aliphatic rings. The summed E-state index contributed by atoms with van der Waals surface area (Å²) in [4.78, 5) is 38.4. The summed E-state index contributed by atoms with van der Waals surface area (Å²) in [7, 11) is 3.82. The van der Waals surface area contributed by atoms with Gasteiger partial charge in [0.2, 0.25) is 0 Å². The Morgan fingerprint density at radius 3 is 2.35 bits per heavy atom. The van der Waals surface area contributed by atoms with E-state index in [2.05, 4.69) is 26.6 Å². The van der Waals surface area contributed by atoms with Gasteiger partial charge in [-0.15, -0.1) is 0 Å². The molecule has 3 aromatic rings. The third-order valence-corrected chi connectivity index (χ3v) is 5.74. The van der Waals surface area contributed by atoms with Crippen molar-refractivity contribution in [3.8, 4) is 0 Å². The van der Waals surface area contributed by atoms with Gasteiger partial charge in [-0.25, -0.2) is 0 Å². The van der Waals surface area contributed by atoms with Crippen LogP contribution in [0.15, 0.2) is 76.9 Å². The third-order valence-electron chi connectivity index (χ3n) is 4.73. The van der Waals surface area contributed by atoms with Crippen LogP contribution in [0.25, 0.3) is 6.08 Å². The zero-order chi connectivity index (χ0) is 24.8. The maximum Gasteiger partial charge on any atom is 0.289 e. The van der Waals surface area contributed by atoms with Crippen molar-refractivity contribution in [3.63, 3.8) is 0 Å². The van der Waals surface area contributed by atoms with Gasteiger partial charge >= 0.3 is 0 Å². The second-order valence-electron chi connectivity index (χ2n) is 7.36. The van der Waals surface area contributed by atoms with Crippen LogP contribution in [0.1, 0.15) is 15.9 Å². The molecule has 0 saturated heterocycles. The molecule has 3 aromatic carbocycles. The molecular formula is C24H20BrClN4O4. The first-order valence-electron chi connectivity index (χ1n) is 9.96. The molecule has 0 saturated carbocycles. The van der Waals surface area contributed by atoms with Crippen molar-refractivity contribution in [1.29, 1.82) is 0 Å². The lowest BCUT2D eigenvalue weighted by Gasteiger charge is -2.14. The monoisotopic (exact) mass is 542 g/mol. The zero-order valence-electron chi connectivity index (χ0n) is 18.2. The van der Waals surface area contributed by atoms with E-state index in [4.69, 9.17) is 11.6 Å². The van der Waals surface area contributed by atoms with Crippen molar-refractivity contribution < 1.29 is 14.5 Å². The number of hydrogen-bond acceptors (Lipinski definition) is 5. The van der Waals surface area contributed by atoms with Gasteiger partial charge in [-0.1, -0.05) is 35.9 Å². The van der Waals surface area contributed by atoms with Crippen molar-refractivity contribution in [1.82, 2.24) is 5.32 Å². The molecule has 0 fully saturated rings. The number of nitrogens with one attached hydrogen (secondary N) is 2. The molecule has 3 rings (SSSR count). The van der Waals surface area contributed by atoms with Crippen LogP contribution in [0.4, 0.5) is 17.1 Å². The topological polar surface area (TPSA) is 105 Å². The summed E-state index contributed by atoms with van der Waals surface area (Å²) >= 11 is 9.19. The summed E-state index contributed by atoms with van der Waals surface area (Å²) in [6.45, 7) is 0. The molecular weight excluding hydrogens is 524 g/mol. The van der Waals surface area contributed by atoms with Crippen molar-refractivity contribution in [3.05, 3.63) is 103 Å². The van der Waals surface area contributed by atoms with E-state index in [1.807, 2.05) is 31.1 Å². The van der Waals surface area contributed by atoms with Gasteiger partial charge < -0.3 is 15.5 Å². The van der Waals surface area contributed by atoms with Crippen LogP contribution < -0.4 is 15.5 Å². The van der Waals surface area contributed by atoms with E-state index in [0.717, 1.165) is 11.8 Å². The molecule has 0 aliphatic carbocycles. The van der Waals surface area contributed by atoms with Gasteiger partial charge in [0, 0.05) is 36.0 Å². The van der Waals surface area contributed by atoms with Gasteiger partial charge in [0.15, 0.2) is 0 Å². The summed E-state index contributed by atoms with van der Waals surface area (Å²) in [6.07, 6.45) is 1.52. The molecule has 0 aliphatic heterocycles. The molecule has 0 spiro atoms. The average molecular weight is 544 g/mol. The first-order valence-corrected chi connectivity index (χ1v) is 11.1. The van der Waals surface area contributed by atoms with Crippen molar-refractivity contribution >= 4 is 62.5 Å². The Balaban J connectivity index is 1.94. The standard InChI is InChI=1S/C24H20BrClN4O4/c1-29(2)17-10-7-15(8-11-17)13-21(28-23(31)18-5-3-4-6-19(18)25)24(32)27-16-9-12-20(26)22(14-16)30(33)34/h3-14H,1-2H3,(H,27,32)(H,28,31)/b21-13+. The van der Waals surface area contributed by atoms with Gasteiger partial charge in [0.1, 0.15) is 10.7 Å². The van der Waals surface area contributed by atoms with Gasteiger partial charge in [0.25, 0.3) is 17.5 Å². The lowest BCUT2D eigenvalue weighted by Crippen LogP contribution is -2.31. The molecule has 0 aromatic heterocycles. The molecule has 8 nitrogen and oxygen atoms in total. The fourth-order valence-electron chi connectivity index (χ4n) is 2.96. The highest BCUT2D eigenvalue weighted by Gasteiger charge is 2.19. The summed E-state index contributed by atoms with van der Waals surface area (Å²) < 4.78 is 0.566. The first-order chi connectivity index (χ1) is 16.2. The molecule has 34 heavy (non-hydrogen) atoms. The van der Waals surface area contributed by atoms with Crippen LogP contribution >= 0.6 is 27.5 Å². The van der Waals surface area contributed by atoms with Crippen molar-refractivity contribution in [2.45, 2.75) is 0 Å². The number of anilines is 2. The van der Waals surface area contributed by atoms with E-state index in [9.17, 15) is 19.7 Å². The Bertz CT molecular complexity index is 1280. The average Bonchev–Trinajstić information content (AvgIpc) is 2.80. The minimum absolute atomic E-state index is 0.0454. The van der Waals surface area contributed by atoms with Gasteiger partial charge in [-0.05, 0) is 64.0 Å². The highest BCUT2D eigenvalue weighted by atomic mass is 79.9. The Morgan fingerprint density at radius 1 is 1.06 bits per heavy atom. The van der Waals surface area contributed by atoms with Crippen LogP contribution in [0, 0.1) is 10.1 Å². The first kappa shape index (κ1) is 24.9. The Labute approximate surface area is 209 Å². The molecule has 0 atom stereocenters. The molecule has 2 N–H and O–H groups in total. The Morgan fingerprint density at radius 2 is 1.74 bits per heavy atom. The van der Waals surface area contributed by atoms with E-state index in [1.54, 1.807) is 36.4 Å². The zero-order valence-corrected chi connectivity index (χ0v) is 20.6. The van der Waals surface area contributed by atoms with Crippen molar-refractivity contribution in [2.75, 3.05) is 24.3 Å². The summed E-state index contributed by atoms with van der Waals surface area (Å²) in [5.41, 5.74) is 1.74. The largest absolute Gasteiger partial charge is 0.378 e. The number of nitrogens with zero attached hydrogens (tertiary/aromatic N) is 2. The van der Waals surface area contributed by atoms with Gasteiger partial charge in [-0.3, -0.25) is 19.7 Å². The van der Waals surface area contributed by atoms with E-state index in [1.165, 1.54) is 18.2 Å². The maximum atomic E-state index is 13.1. The predicted molar refractivity (Wildman–Crippen MR) is 137 cm³/mol. The summed E-state index contributed by atoms with van der Waals surface area (Å²) in [6, 6.07) is 18.1. The van der Waals surface area contributed by atoms with E-state index < -0.39 is 16.7 Å². The number of rotatable bonds is 7. The summed E-state index contributed by atoms with van der Waals surface area (Å²) in [5.74, 6) is -1.16. The molecule has 2 amide bonds. The van der Waals surface area contributed by atoms with Crippen LogP contribution in [-0.4, -0.2) is 30.8 Å². The maximum absolute atomic E-state index is 13.1. The van der Waals surface area contributed by atoms with Gasteiger partial charge in [0.05, 0.1) is 10.5 Å². The van der Waals surface area contributed by atoms with E-state index in [-0.39, 0.29) is 22.1 Å². The van der Waals surface area contributed by atoms with Gasteiger partial charge in [-0.2, -0.15) is 0 Å². The normalized spacial score (nSPS) is 11.0. The second kappa shape index (κ2) is 11.0. The number of benzene rings is 3. The molecule has 0 unspecified atom stereocenters. The smallest absolute Gasteiger partial charge is 0.289 e. The number of hydrogen-bond donors (Lipinski definition) is 2. The fraction of sp³-hybridized carbons (Fsp3) is 0.0833. The molecule has 0 bridgehead atoms. The number of nitro groups is 1. The van der Waals surface area contributed by atoms with E-state index in [0.29, 0.717) is 15.6 Å². The number of carbonyl (C=O) groups is 2. The Hall–Kier alpha value is -3.69. The summed E-state index contributed by atoms with van der Waals surface area (Å²) in [5, 5.41) is 16.3. The van der Waals surface area contributed by atoms with Crippen LogP contribution in [0.5, 0.6) is 0 Å². The highest BCUT2D eigenvalue weighted by molar-refractivity contribution is 9.10. The third kappa shape index (κ3) is 6.21. The molecule has 10 heteroatoms. The van der Waals surface area contributed by atoms with E-state index >= 15 is 0 Å². The lowest BCUT2D eigenvalue weighted by molar-refractivity contribution is -0.384. The van der Waals surface area contributed by atoms with Crippen LogP contribution in [0.2, 0.25) is 5.02 Å². The number of carbonyl (C=O) groups excluding carboxylic acids is 2. The minimum atomic E-state index is -0.659. The quantitative estimate of drug-likeness (QED) is 0.233. The SMILES string of the molecule is CN(C)c1ccc(/C=C(/NC(=O)c2ccccc2Br)C(=O)Nc2ccc(Cl)c([N+](=O)[O-])c2)cc1. The second-order valence-corrected chi connectivity index (χ2v) is 8.62. The lowest BCUT2D eigenvalue weighted by atomic mass is 10.1. The Kier molecular flexibility index (Phi) is 8.04. The van der Waals surface area contributed by atoms with Crippen molar-refractivity contribution in [2.24, 2.45) is 0 Å². The van der Waals surface area contributed by atoms with Crippen LogP contribution in [0.3, 0.4) is 0 Å². The number of nitro benzene ring substituents is 1. The predicted octanol–water partition coefficient (Wildman–Crippen LogP) is 5.49. The minimum Gasteiger partial charge on any atom is -0.378 e. The molecule has 0 heterocycles. The highest BCUT2D eigenvalue weighted by Crippen LogP contribution is 2.27. The molecule has 174 valence electrons. The number of amides is 2. The fourth-order valence-corrected chi connectivity index (χ4v) is 3.61.